The standard InChI is InChI=1S/C23H25N7O/c31-22(19-10-24-8-9-25-19)30-14-23(15-30)13-29(11-16-4-2-1-3-5-16)12-18(23)21-26-20(27-28-21)17-6-7-17/h1-5,8-10,17-18H,6-7,11-15H2,(H,26,27,28). The molecule has 8 nitrogen and oxygen atoms in total. The van der Waals surface area contributed by atoms with Gasteiger partial charge >= 0.3 is 0 Å². The number of benzene rings is 1. The van der Waals surface area contributed by atoms with Crippen LogP contribution in [0, 0.1) is 5.41 Å². The van der Waals surface area contributed by atoms with Gasteiger partial charge in [-0.05, 0) is 18.4 Å². The lowest BCUT2D eigenvalue weighted by Gasteiger charge is -2.50. The number of nitrogens with zero attached hydrogens (tertiary/aromatic N) is 6. The molecule has 1 aromatic carbocycles. The lowest BCUT2D eigenvalue weighted by Crippen LogP contribution is -2.61. The summed E-state index contributed by atoms with van der Waals surface area (Å²) in [5.41, 5.74) is 1.71. The van der Waals surface area contributed by atoms with E-state index in [0.29, 0.717) is 24.7 Å². The highest BCUT2D eigenvalue weighted by Gasteiger charge is 2.57. The smallest absolute Gasteiger partial charge is 0.274 e. The van der Waals surface area contributed by atoms with E-state index in [4.69, 9.17) is 4.98 Å². The van der Waals surface area contributed by atoms with Crippen molar-refractivity contribution >= 4 is 5.91 Å². The van der Waals surface area contributed by atoms with E-state index in [9.17, 15) is 4.79 Å². The van der Waals surface area contributed by atoms with Crippen LogP contribution in [0.15, 0.2) is 48.9 Å². The van der Waals surface area contributed by atoms with Crippen molar-refractivity contribution in [3.63, 3.8) is 0 Å². The number of hydrogen-bond acceptors (Lipinski definition) is 6. The van der Waals surface area contributed by atoms with E-state index in [1.54, 1.807) is 18.6 Å². The maximum atomic E-state index is 12.9. The molecule has 0 radical (unpaired) electrons. The Hall–Kier alpha value is -3.13. The quantitative estimate of drug-likeness (QED) is 0.687. The number of likely N-dealkylation sites (tertiary alicyclic amines) is 2. The van der Waals surface area contributed by atoms with Gasteiger partial charge in [-0.3, -0.25) is 19.8 Å². The molecule has 3 aliphatic rings. The minimum Gasteiger partial charge on any atom is -0.336 e. The van der Waals surface area contributed by atoms with Crippen LogP contribution in [0.2, 0.25) is 0 Å². The molecule has 31 heavy (non-hydrogen) atoms. The first-order valence-corrected chi connectivity index (χ1v) is 10.9. The predicted molar refractivity (Wildman–Crippen MR) is 113 cm³/mol. The molecule has 1 N–H and O–H groups in total. The molecular formula is C23H25N7O. The first-order valence-electron chi connectivity index (χ1n) is 10.9. The second kappa shape index (κ2) is 7.23. The summed E-state index contributed by atoms with van der Waals surface area (Å²) >= 11 is 0. The number of H-pyrrole nitrogens is 1. The summed E-state index contributed by atoms with van der Waals surface area (Å²) in [5, 5.41) is 7.74. The molecule has 1 saturated carbocycles. The summed E-state index contributed by atoms with van der Waals surface area (Å²) in [4.78, 5) is 30.3. The topological polar surface area (TPSA) is 90.9 Å². The molecule has 2 saturated heterocycles. The number of hydrogen-bond donors (Lipinski definition) is 1. The molecule has 8 heteroatoms. The highest BCUT2D eigenvalue weighted by molar-refractivity contribution is 5.92. The number of nitrogens with one attached hydrogen (secondary N) is 1. The van der Waals surface area contributed by atoms with Gasteiger partial charge in [0.2, 0.25) is 0 Å². The van der Waals surface area contributed by atoms with E-state index >= 15 is 0 Å². The fourth-order valence-electron chi connectivity index (χ4n) is 5.13. The van der Waals surface area contributed by atoms with Crippen molar-refractivity contribution in [2.45, 2.75) is 31.2 Å². The van der Waals surface area contributed by atoms with Crippen LogP contribution < -0.4 is 0 Å². The van der Waals surface area contributed by atoms with Gasteiger partial charge in [0, 0.05) is 62.4 Å². The van der Waals surface area contributed by atoms with Gasteiger partial charge in [-0.15, -0.1) is 0 Å². The second-order valence-electron chi connectivity index (χ2n) is 9.18. The van der Waals surface area contributed by atoms with E-state index in [-0.39, 0.29) is 17.2 Å². The summed E-state index contributed by atoms with van der Waals surface area (Å²) in [7, 11) is 0. The molecule has 1 atom stereocenters. The van der Waals surface area contributed by atoms with Gasteiger partial charge in [-0.2, -0.15) is 5.10 Å². The molecular weight excluding hydrogens is 390 g/mol. The third kappa shape index (κ3) is 3.40. The maximum Gasteiger partial charge on any atom is 0.274 e. The van der Waals surface area contributed by atoms with Crippen LogP contribution in [-0.2, 0) is 6.54 Å². The van der Waals surface area contributed by atoms with E-state index in [1.165, 1.54) is 18.4 Å². The fourth-order valence-corrected chi connectivity index (χ4v) is 5.13. The van der Waals surface area contributed by atoms with Crippen molar-refractivity contribution in [1.82, 2.24) is 34.9 Å². The van der Waals surface area contributed by atoms with Gasteiger partial charge in [-0.25, -0.2) is 9.97 Å². The minimum absolute atomic E-state index is 0.00694. The highest BCUT2D eigenvalue weighted by atomic mass is 16.2. The number of carbonyl (C=O) groups excluding carboxylic acids is 1. The van der Waals surface area contributed by atoms with Crippen molar-refractivity contribution in [3.8, 4) is 0 Å². The number of aromatic amines is 1. The van der Waals surface area contributed by atoms with E-state index < -0.39 is 0 Å². The third-order valence-corrected chi connectivity index (χ3v) is 6.84. The summed E-state index contributed by atoms with van der Waals surface area (Å²) in [5.74, 6) is 2.65. The molecule has 4 heterocycles. The lowest BCUT2D eigenvalue weighted by molar-refractivity contribution is 0.00133. The number of rotatable bonds is 5. The van der Waals surface area contributed by atoms with Crippen molar-refractivity contribution < 1.29 is 4.79 Å². The van der Waals surface area contributed by atoms with Crippen LogP contribution in [-0.4, -0.2) is 67.0 Å². The third-order valence-electron chi connectivity index (χ3n) is 6.84. The van der Waals surface area contributed by atoms with Crippen LogP contribution in [0.3, 0.4) is 0 Å². The van der Waals surface area contributed by atoms with Crippen LogP contribution in [0.25, 0.3) is 0 Å². The Morgan fingerprint density at radius 3 is 2.71 bits per heavy atom. The lowest BCUT2D eigenvalue weighted by atomic mass is 9.71. The number of carbonyl (C=O) groups is 1. The molecule has 0 bridgehead atoms. The van der Waals surface area contributed by atoms with Crippen molar-refractivity contribution in [1.29, 1.82) is 0 Å². The first-order chi connectivity index (χ1) is 15.2. The van der Waals surface area contributed by atoms with Crippen molar-refractivity contribution in [2.24, 2.45) is 5.41 Å². The Labute approximate surface area is 180 Å². The summed E-state index contributed by atoms with van der Waals surface area (Å²) in [6, 6.07) is 10.6. The SMILES string of the molecule is O=C(c1cnccn1)N1CC2(CN(Cc3ccccc3)CC2c2nc(C3CC3)n[nH]2)C1. The van der Waals surface area contributed by atoms with E-state index in [1.807, 2.05) is 11.0 Å². The normalized spacial score (nSPS) is 22.6. The minimum atomic E-state index is -0.0461. The van der Waals surface area contributed by atoms with Gasteiger partial charge in [0.1, 0.15) is 11.5 Å². The molecule has 1 spiro atoms. The molecule has 2 aromatic heterocycles. The summed E-state index contributed by atoms with van der Waals surface area (Å²) in [6.45, 7) is 4.17. The molecule has 1 aliphatic carbocycles. The van der Waals surface area contributed by atoms with Crippen LogP contribution in [0.4, 0.5) is 0 Å². The summed E-state index contributed by atoms with van der Waals surface area (Å²) < 4.78 is 0. The Kier molecular flexibility index (Phi) is 4.34. The average Bonchev–Trinajstić information content (AvgIpc) is 3.39. The van der Waals surface area contributed by atoms with Crippen molar-refractivity contribution in [2.75, 3.05) is 26.2 Å². The average molecular weight is 416 g/mol. The van der Waals surface area contributed by atoms with Gasteiger partial charge < -0.3 is 4.90 Å². The molecule has 3 aromatic rings. The zero-order chi connectivity index (χ0) is 20.8. The Bertz CT molecular complexity index is 1070. The van der Waals surface area contributed by atoms with Crippen LogP contribution >= 0.6 is 0 Å². The monoisotopic (exact) mass is 415 g/mol. The molecule has 158 valence electrons. The number of aromatic nitrogens is 5. The Morgan fingerprint density at radius 2 is 1.97 bits per heavy atom. The molecule has 1 amide bonds. The van der Waals surface area contributed by atoms with Gasteiger partial charge in [-0.1, -0.05) is 30.3 Å². The Balaban J connectivity index is 1.23. The van der Waals surface area contributed by atoms with Gasteiger partial charge in [0.15, 0.2) is 5.82 Å². The zero-order valence-corrected chi connectivity index (χ0v) is 17.3. The second-order valence-corrected chi connectivity index (χ2v) is 9.18. The van der Waals surface area contributed by atoms with E-state index in [0.717, 1.165) is 31.3 Å². The van der Waals surface area contributed by atoms with E-state index in [2.05, 4.69) is 49.3 Å². The highest BCUT2D eigenvalue weighted by Crippen LogP contribution is 2.49. The Morgan fingerprint density at radius 1 is 1.13 bits per heavy atom. The zero-order valence-electron chi connectivity index (χ0n) is 17.3. The molecule has 2 aliphatic heterocycles. The van der Waals surface area contributed by atoms with Gasteiger partial charge in [0.05, 0.1) is 6.20 Å². The maximum absolute atomic E-state index is 12.9. The largest absolute Gasteiger partial charge is 0.336 e. The number of amides is 1. The van der Waals surface area contributed by atoms with Crippen LogP contribution in [0.5, 0.6) is 0 Å². The molecule has 6 rings (SSSR count). The molecule has 3 fully saturated rings. The van der Waals surface area contributed by atoms with Gasteiger partial charge in [0.25, 0.3) is 5.91 Å². The predicted octanol–water partition coefficient (Wildman–Crippen LogP) is 2.21. The fraction of sp³-hybridized carbons (Fsp3) is 0.435. The molecule has 1 unspecified atom stereocenters. The summed E-state index contributed by atoms with van der Waals surface area (Å²) in [6.07, 6.45) is 7.07. The van der Waals surface area contributed by atoms with Crippen LogP contribution in [0.1, 0.15) is 52.4 Å². The van der Waals surface area contributed by atoms with Crippen molar-refractivity contribution in [3.05, 3.63) is 71.8 Å². The first kappa shape index (κ1) is 18.6.